The molecule has 0 radical (unpaired) electrons. The molecule has 0 amide bonds. The van der Waals surface area contributed by atoms with Crippen LogP contribution < -0.4 is 11.4 Å². The summed E-state index contributed by atoms with van der Waals surface area (Å²) in [6.07, 6.45) is 2.58. The predicted octanol–water partition coefficient (Wildman–Crippen LogP) is -0.196. The summed E-state index contributed by atoms with van der Waals surface area (Å²) >= 11 is 0. The molecule has 1 aromatic heterocycles. The van der Waals surface area contributed by atoms with Crippen LogP contribution in [-0.2, 0) is 4.74 Å². The number of rotatable bonds is 2. The van der Waals surface area contributed by atoms with Crippen molar-refractivity contribution in [2.24, 2.45) is 0 Å². The fourth-order valence-corrected chi connectivity index (χ4v) is 1.81. The van der Waals surface area contributed by atoms with Crippen LogP contribution in [0.3, 0.4) is 0 Å². The molecule has 0 bridgehead atoms. The van der Waals surface area contributed by atoms with Gasteiger partial charge in [-0.2, -0.15) is 4.98 Å². The van der Waals surface area contributed by atoms with Crippen molar-refractivity contribution in [2.45, 2.75) is 32.1 Å². The minimum absolute atomic E-state index is 0.0212. The summed E-state index contributed by atoms with van der Waals surface area (Å²) in [6.45, 7) is 1.77. The Bertz CT molecular complexity index is 443. The lowest BCUT2D eigenvalue weighted by Crippen LogP contribution is -2.28. The number of nitrogens with two attached hydrogens (primary N) is 1. The fourth-order valence-electron chi connectivity index (χ4n) is 1.81. The van der Waals surface area contributed by atoms with Crippen LogP contribution in [0, 0.1) is 6.92 Å². The number of aliphatic hydroxyl groups excluding tert-OH is 1. The second-order valence-electron chi connectivity index (χ2n) is 3.97. The first-order valence-electron chi connectivity index (χ1n) is 5.23. The van der Waals surface area contributed by atoms with Gasteiger partial charge in [0.1, 0.15) is 12.0 Å². The molecule has 1 fully saturated rings. The van der Waals surface area contributed by atoms with Gasteiger partial charge in [-0.1, -0.05) is 0 Å². The lowest BCUT2D eigenvalue weighted by atomic mass is 10.2. The third kappa shape index (κ3) is 1.94. The topological polar surface area (TPSA) is 90.4 Å². The summed E-state index contributed by atoms with van der Waals surface area (Å²) in [5.74, 6) is 0.248. The third-order valence-corrected chi connectivity index (χ3v) is 2.77. The summed E-state index contributed by atoms with van der Waals surface area (Å²) in [4.78, 5) is 15.3. The summed E-state index contributed by atoms with van der Waals surface area (Å²) in [7, 11) is 0. The highest BCUT2D eigenvalue weighted by Crippen LogP contribution is 2.26. The van der Waals surface area contributed by atoms with Gasteiger partial charge in [-0.3, -0.25) is 4.57 Å². The molecule has 88 valence electrons. The minimum atomic E-state index is -0.410. The molecule has 1 aliphatic heterocycles. The number of ether oxygens (including phenoxy) is 1. The molecular formula is C10H15N3O3. The molecule has 0 aliphatic carbocycles. The Balaban J connectivity index is 2.28. The van der Waals surface area contributed by atoms with Crippen LogP contribution in [0.25, 0.3) is 0 Å². The molecular weight excluding hydrogens is 210 g/mol. The second kappa shape index (κ2) is 4.23. The van der Waals surface area contributed by atoms with Gasteiger partial charge in [0.15, 0.2) is 0 Å². The largest absolute Gasteiger partial charge is 0.394 e. The highest BCUT2D eigenvalue weighted by molar-refractivity contribution is 5.35. The number of nitrogen functional groups attached to an aromatic ring is 1. The minimum Gasteiger partial charge on any atom is -0.394 e. The standard InChI is InChI=1S/C10H15N3O3/c1-6-4-13(10(15)12-9(6)11)8-3-2-7(5-14)16-8/h4,7-8,14H,2-3,5H2,1H3,(H2,11,12,15). The number of anilines is 1. The van der Waals surface area contributed by atoms with Gasteiger partial charge >= 0.3 is 5.69 Å². The average molecular weight is 225 g/mol. The van der Waals surface area contributed by atoms with Crippen molar-refractivity contribution in [3.63, 3.8) is 0 Å². The molecule has 0 saturated carbocycles. The van der Waals surface area contributed by atoms with E-state index in [-0.39, 0.29) is 24.8 Å². The Hall–Kier alpha value is -1.40. The molecule has 3 N–H and O–H groups in total. The number of hydrogen-bond acceptors (Lipinski definition) is 5. The number of aromatic nitrogens is 2. The number of hydrogen-bond donors (Lipinski definition) is 2. The highest BCUT2D eigenvalue weighted by Gasteiger charge is 2.26. The van der Waals surface area contributed by atoms with Crippen molar-refractivity contribution >= 4 is 5.82 Å². The Morgan fingerprint density at radius 2 is 2.44 bits per heavy atom. The molecule has 1 aromatic rings. The van der Waals surface area contributed by atoms with Gasteiger partial charge < -0.3 is 15.6 Å². The van der Waals surface area contributed by atoms with Crippen LogP contribution in [0.1, 0.15) is 24.6 Å². The van der Waals surface area contributed by atoms with E-state index in [1.165, 1.54) is 4.57 Å². The summed E-state index contributed by atoms with van der Waals surface area (Å²) < 4.78 is 6.94. The van der Waals surface area contributed by atoms with E-state index < -0.39 is 5.69 Å². The highest BCUT2D eigenvalue weighted by atomic mass is 16.5. The molecule has 2 rings (SSSR count). The fraction of sp³-hybridized carbons (Fsp3) is 0.600. The Morgan fingerprint density at radius 3 is 3.06 bits per heavy atom. The van der Waals surface area contributed by atoms with Gasteiger partial charge in [0.25, 0.3) is 0 Å². The van der Waals surface area contributed by atoms with Crippen LogP contribution >= 0.6 is 0 Å². The Morgan fingerprint density at radius 1 is 1.69 bits per heavy atom. The maximum Gasteiger partial charge on any atom is 0.351 e. The van der Waals surface area contributed by atoms with E-state index in [0.29, 0.717) is 6.42 Å². The first-order chi connectivity index (χ1) is 7.61. The van der Waals surface area contributed by atoms with Gasteiger partial charge in [0, 0.05) is 11.8 Å². The van der Waals surface area contributed by atoms with Gasteiger partial charge in [-0.25, -0.2) is 4.79 Å². The van der Waals surface area contributed by atoms with E-state index >= 15 is 0 Å². The van der Waals surface area contributed by atoms with Crippen molar-refractivity contribution in [1.29, 1.82) is 0 Å². The third-order valence-electron chi connectivity index (χ3n) is 2.77. The smallest absolute Gasteiger partial charge is 0.351 e. The molecule has 2 atom stereocenters. The predicted molar refractivity (Wildman–Crippen MR) is 57.9 cm³/mol. The lowest BCUT2D eigenvalue weighted by Gasteiger charge is -2.15. The summed E-state index contributed by atoms with van der Waals surface area (Å²) in [5.41, 5.74) is 5.87. The molecule has 2 unspecified atom stereocenters. The zero-order chi connectivity index (χ0) is 11.7. The number of aryl methyl sites for hydroxylation is 1. The van der Waals surface area contributed by atoms with E-state index in [0.717, 1.165) is 12.0 Å². The number of nitrogens with zero attached hydrogens (tertiary/aromatic N) is 2. The SMILES string of the molecule is Cc1cn(C2CCC(CO)O2)c(=O)nc1N. The van der Waals surface area contributed by atoms with E-state index in [4.69, 9.17) is 15.6 Å². The van der Waals surface area contributed by atoms with Gasteiger partial charge in [-0.05, 0) is 19.8 Å². The van der Waals surface area contributed by atoms with Crippen molar-refractivity contribution in [3.8, 4) is 0 Å². The van der Waals surface area contributed by atoms with Crippen LogP contribution in [0.2, 0.25) is 0 Å². The van der Waals surface area contributed by atoms with E-state index in [1.807, 2.05) is 0 Å². The second-order valence-corrected chi connectivity index (χ2v) is 3.97. The maximum absolute atomic E-state index is 11.6. The van der Waals surface area contributed by atoms with Gasteiger partial charge in [0.05, 0.1) is 12.7 Å². The molecule has 1 saturated heterocycles. The maximum atomic E-state index is 11.6. The van der Waals surface area contributed by atoms with E-state index in [9.17, 15) is 4.79 Å². The van der Waals surface area contributed by atoms with E-state index in [1.54, 1.807) is 13.1 Å². The molecule has 1 aliphatic rings. The monoisotopic (exact) mass is 225 g/mol. The van der Waals surface area contributed by atoms with Gasteiger partial charge in [-0.15, -0.1) is 0 Å². The summed E-state index contributed by atoms with van der Waals surface area (Å²) in [5, 5.41) is 8.95. The number of aliphatic hydroxyl groups is 1. The molecule has 0 spiro atoms. The Kier molecular flexibility index (Phi) is 2.93. The molecule has 2 heterocycles. The first-order valence-corrected chi connectivity index (χ1v) is 5.23. The van der Waals surface area contributed by atoms with Crippen LogP contribution in [0.15, 0.2) is 11.0 Å². The van der Waals surface area contributed by atoms with Crippen molar-refractivity contribution in [2.75, 3.05) is 12.3 Å². The van der Waals surface area contributed by atoms with Crippen molar-refractivity contribution in [1.82, 2.24) is 9.55 Å². The van der Waals surface area contributed by atoms with Crippen LogP contribution in [-0.4, -0.2) is 27.4 Å². The molecule has 16 heavy (non-hydrogen) atoms. The average Bonchev–Trinajstić information content (AvgIpc) is 2.71. The lowest BCUT2D eigenvalue weighted by molar-refractivity contribution is -0.0246. The van der Waals surface area contributed by atoms with Crippen molar-refractivity contribution in [3.05, 3.63) is 22.2 Å². The van der Waals surface area contributed by atoms with Crippen LogP contribution in [0.4, 0.5) is 5.82 Å². The van der Waals surface area contributed by atoms with E-state index in [2.05, 4.69) is 4.98 Å². The Labute approximate surface area is 92.7 Å². The van der Waals surface area contributed by atoms with Crippen LogP contribution in [0.5, 0.6) is 0 Å². The zero-order valence-electron chi connectivity index (χ0n) is 9.09. The van der Waals surface area contributed by atoms with Gasteiger partial charge in [0.2, 0.25) is 0 Å². The first kappa shape index (κ1) is 11.1. The van der Waals surface area contributed by atoms with Crippen molar-refractivity contribution < 1.29 is 9.84 Å². The molecule has 6 heteroatoms. The quantitative estimate of drug-likeness (QED) is 0.727. The zero-order valence-corrected chi connectivity index (χ0v) is 9.09. The summed E-state index contributed by atoms with van der Waals surface area (Å²) in [6, 6.07) is 0. The normalized spacial score (nSPS) is 24.9. The molecule has 0 aromatic carbocycles. The molecule has 6 nitrogen and oxygen atoms in total.